The molecule has 1 aliphatic rings. The number of halogens is 2. The van der Waals surface area contributed by atoms with Gasteiger partial charge in [0.25, 0.3) is 0 Å². The number of nitrogens with zero attached hydrogens (tertiary/aromatic N) is 6. The molecule has 0 aliphatic carbocycles. The van der Waals surface area contributed by atoms with Gasteiger partial charge in [-0.2, -0.15) is 10.2 Å². The molecule has 0 spiro atoms. The van der Waals surface area contributed by atoms with Crippen molar-refractivity contribution in [3.63, 3.8) is 0 Å². The molecule has 3 atom stereocenters. The van der Waals surface area contributed by atoms with Crippen LogP contribution in [0.4, 0.5) is 14.6 Å². The van der Waals surface area contributed by atoms with Crippen molar-refractivity contribution in [2.45, 2.75) is 51.8 Å². The van der Waals surface area contributed by atoms with E-state index in [9.17, 15) is 13.6 Å². The number of fused-ring (bicyclic) bond motifs is 1. The van der Waals surface area contributed by atoms with E-state index in [1.54, 1.807) is 29.9 Å². The molecule has 1 aromatic carbocycles. The van der Waals surface area contributed by atoms with Gasteiger partial charge in [0.05, 0.1) is 17.8 Å². The molecule has 1 aliphatic heterocycles. The van der Waals surface area contributed by atoms with Gasteiger partial charge in [0.1, 0.15) is 23.5 Å². The van der Waals surface area contributed by atoms with E-state index in [0.29, 0.717) is 47.2 Å². The van der Waals surface area contributed by atoms with Crippen molar-refractivity contribution < 1.29 is 18.3 Å². The molecule has 0 amide bonds. The number of hydrogen-bond acceptors (Lipinski definition) is 8. The molecule has 37 heavy (non-hydrogen) atoms. The molecule has 0 radical (unpaired) electrons. The third-order valence-electron chi connectivity index (χ3n) is 6.63. The first-order valence-electron chi connectivity index (χ1n) is 12.2. The number of benzene rings is 1. The fourth-order valence-corrected chi connectivity index (χ4v) is 4.47. The molecule has 4 heterocycles. The lowest BCUT2D eigenvalue weighted by molar-refractivity contribution is -0.151. The highest BCUT2D eigenvalue weighted by Gasteiger charge is 2.30. The number of ether oxygens (including phenoxy) is 1. The molecule has 5 rings (SSSR count). The Morgan fingerprint density at radius 1 is 1.22 bits per heavy atom. The Balaban J connectivity index is 1.42. The topological polar surface area (TPSA) is 127 Å². The van der Waals surface area contributed by atoms with E-state index >= 15 is 0 Å². The lowest BCUT2D eigenvalue weighted by atomic mass is 10.0. The third-order valence-corrected chi connectivity index (χ3v) is 6.63. The number of H-pyrrole nitrogens is 1. The van der Waals surface area contributed by atoms with Gasteiger partial charge < -0.3 is 15.4 Å². The number of aromatic amines is 1. The van der Waals surface area contributed by atoms with Gasteiger partial charge in [-0.1, -0.05) is 13.8 Å². The average Bonchev–Trinajstić information content (AvgIpc) is 3.63. The monoisotopic (exact) mass is 510 g/mol. The first-order valence-corrected chi connectivity index (χ1v) is 12.2. The quantitative estimate of drug-likeness (QED) is 0.360. The number of carbonyl (C=O) groups excluding carboxylic acids is 1. The molecule has 1 fully saturated rings. The highest BCUT2D eigenvalue weighted by molar-refractivity contribution is 5.76. The largest absolute Gasteiger partial charge is 0.453 e. The van der Waals surface area contributed by atoms with Gasteiger partial charge in [0, 0.05) is 18.3 Å². The summed E-state index contributed by atoms with van der Waals surface area (Å²) >= 11 is 0. The maximum Gasteiger partial charge on any atom is 0.323 e. The number of hydrogen-bond donors (Lipinski definition) is 2. The van der Waals surface area contributed by atoms with E-state index in [-0.39, 0.29) is 12.0 Å². The lowest BCUT2D eigenvalue weighted by Crippen LogP contribution is -2.37. The zero-order valence-corrected chi connectivity index (χ0v) is 20.7. The van der Waals surface area contributed by atoms with Crippen LogP contribution in [0.15, 0.2) is 36.7 Å². The smallest absolute Gasteiger partial charge is 0.323 e. The summed E-state index contributed by atoms with van der Waals surface area (Å²) in [5.74, 6) is -0.190. The zero-order valence-electron chi connectivity index (χ0n) is 20.7. The number of anilines is 1. The lowest BCUT2D eigenvalue weighted by Gasteiger charge is -2.26. The predicted octanol–water partition coefficient (Wildman–Crippen LogP) is 3.72. The molecule has 0 bridgehead atoms. The summed E-state index contributed by atoms with van der Waals surface area (Å²) < 4.78 is 35.5. The van der Waals surface area contributed by atoms with Crippen LogP contribution in [0, 0.1) is 17.6 Å². The fraction of sp³-hybridized carbons (Fsp3) is 0.400. The van der Waals surface area contributed by atoms with Gasteiger partial charge in [0.2, 0.25) is 0 Å². The summed E-state index contributed by atoms with van der Waals surface area (Å²) in [6.07, 6.45) is 4.17. The predicted molar refractivity (Wildman–Crippen MR) is 131 cm³/mol. The summed E-state index contributed by atoms with van der Waals surface area (Å²) in [5, 5.41) is 11.4. The Bertz CT molecular complexity index is 1440. The minimum absolute atomic E-state index is 0.0587. The van der Waals surface area contributed by atoms with E-state index in [2.05, 4.69) is 20.3 Å². The van der Waals surface area contributed by atoms with Gasteiger partial charge in [-0.05, 0) is 49.9 Å². The first-order chi connectivity index (χ1) is 17.7. The summed E-state index contributed by atoms with van der Waals surface area (Å²) in [7, 11) is 0. The Morgan fingerprint density at radius 3 is 2.81 bits per heavy atom. The molecule has 194 valence electrons. The molecular formula is C25H28F2N8O2. The zero-order chi connectivity index (χ0) is 26.3. The molecule has 3 aromatic heterocycles. The summed E-state index contributed by atoms with van der Waals surface area (Å²) in [5.41, 5.74) is 7.25. The van der Waals surface area contributed by atoms with Gasteiger partial charge in [-0.25, -0.2) is 23.3 Å². The second-order valence-corrected chi connectivity index (χ2v) is 9.52. The maximum absolute atomic E-state index is 14.5. The Hall–Kier alpha value is -3.93. The fourth-order valence-electron chi connectivity index (χ4n) is 4.47. The van der Waals surface area contributed by atoms with Crippen molar-refractivity contribution in [1.29, 1.82) is 0 Å². The van der Waals surface area contributed by atoms with Crippen LogP contribution in [0.2, 0.25) is 0 Å². The minimum Gasteiger partial charge on any atom is -0.453 e. The van der Waals surface area contributed by atoms with Crippen LogP contribution in [-0.4, -0.2) is 48.3 Å². The van der Waals surface area contributed by atoms with Gasteiger partial charge in [0.15, 0.2) is 23.4 Å². The molecule has 12 heteroatoms. The van der Waals surface area contributed by atoms with Crippen LogP contribution < -0.4 is 10.6 Å². The molecule has 10 nitrogen and oxygen atoms in total. The van der Waals surface area contributed by atoms with E-state index < -0.39 is 29.7 Å². The van der Waals surface area contributed by atoms with Gasteiger partial charge in [-0.3, -0.25) is 9.89 Å². The Morgan fingerprint density at radius 2 is 2.03 bits per heavy atom. The molecule has 4 aromatic rings. The van der Waals surface area contributed by atoms with Gasteiger partial charge >= 0.3 is 5.97 Å². The van der Waals surface area contributed by atoms with Crippen LogP contribution >= 0.6 is 0 Å². The number of esters is 1. The number of aromatic nitrogens is 6. The highest BCUT2D eigenvalue weighted by atomic mass is 19.1. The number of nitrogens with two attached hydrogens (primary N) is 1. The molecule has 0 unspecified atom stereocenters. The maximum atomic E-state index is 14.5. The van der Waals surface area contributed by atoms with Crippen LogP contribution in [0.5, 0.6) is 0 Å². The van der Waals surface area contributed by atoms with Crippen LogP contribution in [0.1, 0.15) is 57.1 Å². The van der Waals surface area contributed by atoms with E-state index in [1.807, 2.05) is 18.7 Å². The van der Waals surface area contributed by atoms with Gasteiger partial charge in [-0.15, -0.1) is 0 Å². The van der Waals surface area contributed by atoms with E-state index in [1.165, 1.54) is 6.07 Å². The van der Waals surface area contributed by atoms with Crippen LogP contribution in [0.25, 0.3) is 17.0 Å². The second kappa shape index (κ2) is 9.85. The number of carbonyl (C=O) groups is 1. The van der Waals surface area contributed by atoms with Crippen molar-refractivity contribution in [3.05, 3.63) is 59.7 Å². The number of rotatable bonds is 7. The van der Waals surface area contributed by atoms with Crippen molar-refractivity contribution in [3.8, 4) is 11.4 Å². The van der Waals surface area contributed by atoms with Crippen LogP contribution in [0.3, 0.4) is 0 Å². The van der Waals surface area contributed by atoms with Crippen molar-refractivity contribution >= 4 is 17.4 Å². The standard InChI is InChI=1S/C25H28F2N8O2/c1-13(2)21(28)25(36)37-14(3)22-31-23(33-32-22)17-12-29-35-10-8-20(30-24(17)35)34-9-4-5-19(34)16-11-15(26)6-7-18(16)27/h6-8,10-14,19,21H,4-5,9,28H2,1-3H3,(H,31,32,33)/t14-,19+,21-/m0/s1. The summed E-state index contributed by atoms with van der Waals surface area (Å²) in [6.45, 7) is 6.02. The molecule has 3 N–H and O–H groups in total. The molecular weight excluding hydrogens is 482 g/mol. The molecule has 1 saturated heterocycles. The first kappa shape index (κ1) is 24.8. The highest BCUT2D eigenvalue weighted by Crippen LogP contribution is 2.37. The van der Waals surface area contributed by atoms with E-state index in [4.69, 9.17) is 15.5 Å². The third kappa shape index (κ3) is 4.76. The average molecular weight is 511 g/mol. The molecule has 0 saturated carbocycles. The Kier molecular flexibility index (Phi) is 6.59. The normalized spacial score (nSPS) is 17.5. The minimum atomic E-state index is -0.734. The Labute approximate surface area is 211 Å². The van der Waals surface area contributed by atoms with Crippen LogP contribution in [-0.2, 0) is 9.53 Å². The second-order valence-electron chi connectivity index (χ2n) is 9.52. The van der Waals surface area contributed by atoms with Crippen molar-refractivity contribution in [2.75, 3.05) is 11.4 Å². The summed E-state index contributed by atoms with van der Waals surface area (Å²) in [6, 6.07) is 4.25. The SMILES string of the molecule is CC(C)[C@H](N)C(=O)O[C@@H](C)c1nc(-c2cnn3ccc(N4CCC[C@@H]4c4cc(F)ccc4F)nc23)n[nH]1. The van der Waals surface area contributed by atoms with Crippen molar-refractivity contribution in [1.82, 2.24) is 29.8 Å². The van der Waals surface area contributed by atoms with E-state index in [0.717, 1.165) is 18.6 Å². The summed E-state index contributed by atoms with van der Waals surface area (Å²) in [4.78, 5) is 23.5. The number of nitrogens with one attached hydrogen (secondary N) is 1. The van der Waals surface area contributed by atoms with Crippen molar-refractivity contribution in [2.24, 2.45) is 11.7 Å².